The van der Waals surface area contributed by atoms with Gasteiger partial charge < -0.3 is 4.74 Å². The SMILES string of the molecule is CC(C)(C)OC(=O)Nc1cc(Cl)ccc1CCS. The molecule has 0 unspecified atom stereocenters. The molecule has 0 aliphatic rings. The van der Waals surface area contributed by atoms with E-state index in [-0.39, 0.29) is 0 Å². The highest BCUT2D eigenvalue weighted by Crippen LogP contribution is 2.22. The average molecular weight is 288 g/mol. The first-order valence-corrected chi connectivity index (χ1v) is 6.72. The molecule has 0 atom stereocenters. The number of thiol groups is 1. The molecular weight excluding hydrogens is 270 g/mol. The summed E-state index contributed by atoms with van der Waals surface area (Å²) in [5, 5.41) is 3.29. The highest BCUT2D eigenvalue weighted by molar-refractivity contribution is 7.80. The molecule has 0 aliphatic carbocycles. The van der Waals surface area contributed by atoms with Gasteiger partial charge >= 0.3 is 6.09 Å². The maximum absolute atomic E-state index is 11.7. The number of rotatable bonds is 3. The zero-order valence-electron chi connectivity index (χ0n) is 10.8. The topological polar surface area (TPSA) is 38.3 Å². The van der Waals surface area contributed by atoms with Gasteiger partial charge in [-0.1, -0.05) is 17.7 Å². The molecule has 0 fully saturated rings. The first kappa shape index (κ1) is 15.2. The molecule has 0 radical (unpaired) electrons. The Hall–Kier alpha value is -0.870. The molecule has 1 amide bonds. The smallest absolute Gasteiger partial charge is 0.412 e. The van der Waals surface area contributed by atoms with Crippen molar-refractivity contribution in [3.8, 4) is 0 Å². The first-order chi connectivity index (χ1) is 8.31. The number of aryl methyl sites for hydroxylation is 1. The van der Waals surface area contributed by atoms with E-state index in [4.69, 9.17) is 16.3 Å². The Morgan fingerprint density at radius 3 is 2.67 bits per heavy atom. The summed E-state index contributed by atoms with van der Waals surface area (Å²) >= 11 is 10.1. The lowest BCUT2D eigenvalue weighted by atomic mass is 10.1. The van der Waals surface area contributed by atoms with Gasteiger partial charge in [0.05, 0.1) is 0 Å². The second kappa shape index (κ2) is 6.34. The van der Waals surface area contributed by atoms with Crippen LogP contribution in [0.15, 0.2) is 18.2 Å². The van der Waals surface area contributed by atoms with Gasteiger partial charge in [0.2, 0.25) is 0 Å². The van der Waals surface area contributed by atoms with Crippen molar-refractivity contribution in [3.05, 3.63) is 28.8 Å². The minimum absolute atomic E-state index is 0.481. The van der Waals surface area contributed by atoms with Gasteiger partial charge in [0, 0.05) is 10.7 Å². The summed E-state index contributed by atoms with van der Waals surface area (Å²) in [5.41, 5.74) is 1.14. The average Bonchev–Trinajstić information content (AvgIpc) is 2.19. The summed E-state index contributed by atoms with van der Waals surface area (Å²) < 4.78 is 5.20. The second-order valence-corrected chi connectivity index (χ2v) is 5.79. The minimum atomic E-state index is -0.521. The van der Waals surface area contributed by atoms with Crippen molar-refractivity contribution >= 4 is 36.0 Å². The van der Waals surface area contributed by atoms with E-state index >= 15 is 0 Å². The molecular formula is C13H18ClNO2S. The third-order valence-corrected chi connectivity index (χ3v) is 2.55. The fraction of sp³-hybridized carbons (Fsp3) is 0.462. The zero-order valence-corrected chi connectivity index (χ0v) is 12.4. The number of hydrogen-bond donors (Lipinski definition) is 2. The largest absolute Gasteiger partial charge is 0.444 e. The molecule has 0 saturated carbocycles. The van der Waals surface area contributed by atoms with Crippen molar-refractivity contribution in [1.82, 2.24) is 0 Å². The molecule has 0 aliphatic heterocycles. The van der Waals surface area contributed by atoms with E-state index in [1.807, 2.05) is 26.8 Å². The molecule has 3 nitrogen and oxygen atoms in total. The highest BCUT2D eigenvalue weighted by atomic mass is 35.5. The van der Waals surface area contributed by atoms with Crippen LogP contribution in [-0.4, -0.2) is 17.4 Å². The number of anilines is 1. The number of carbonyl (C=O) groups excluding carboxylic acids is 1. The van der Waals surface area contributed by atoms with Gasteiger partial charge in [-0.05, 0) is 50.6 Å². The summed E-state index contributed by atoms with van der Waals surface area (Å²) in [7, 11) is 0. The number of hydrogen-bond acceptors (Lipinski definition) is 3. The van der Waals surface area contributed by atoms with Crippen LogP contribution >= 0.6 is 24.2 Å². The fourth-order valence-electron chi connectivity index (χ4n) is 1.42. The third kappa shape index (κ3) is 5.19. The number of halogens is 1. The van der Waals surface area contributed by atoms with Crippen molar-refractivity contribution < 1.29 is 9.53 Å². The molecule has 18 heavy (non-hydrogen) atoms. The zero-order chi connectivity index (χ0) is 13.8. The Bertz CT molecular complexity index is 429. The second-order valence-electron chi connectivity index (χ2n) is 4.90. The van der Waals surface area contributed by atoms with Gasteiger partial charge in [0.15, 0.2) is 0 Å². The van der Waals surface area contributed by atoms with Crippen molar-refractivity contribution in [2.45, 2.75) is 32.8 Å². The van der Waals surface area contributed by atoms with Crippen molar-refractivity contribution in [3.63, 3.8) is 0 Å². The molecule has 100 valence electrons. The third-order valence-electron chi connectivity index (χ3n) is 2.09. The van der Waals surface area contributed by atoms with Gasteiger partial charge in [-0.3, -0.25) is 5.32 Å². The molecule has 0 spiro atoms. The number of amides is 1. The highest BCUT2D eigenvalue weighted by Gasteiger charge is 2.17. The van der Waals surface area contributed by atoms with E-state index in [0.29, 0.717) is 16.5 Å². The first-order valence-electron chi connectivity index (χ1n) is 5.71. The molecule has 1 rings (SSSR count). The van der Waals surface area contributed by atoms with E-state index < -0.39 is 11.7 Å². The summed E-state index contributed by atoms with van der Waals surface area (Å²) in [6.07, 6.45) is 0.274. The normalized spacial score (nSPS) is 11.2. The van der Waals surface area contributed by atoms with E-state index in [2.05, 4.69) is 17.9 Å². The van der Waals surface area contributed by atoms with Crippen LogP contribution in [0.25, 0.3) is 0 Å². The van der Waals surface area contributed by atoms with E-state index in [0.717, 1.165) is 12.0 Å². The van der Waals surface area contributed by atoms with Crippen LogP contribution in [-0.2, 0) is 11.2 Å². The van der Waals surface area contributed by atoms with E-state index in [1.165, 1.54) is 0 Å². The van der Waals surface area contributed by atoms with Crippen molar-refractivity contribution in [2.24, 2.45) is 0 Å². The summed E-state index contributed by atoms with van der Waals surface area (Å²) in [6, 6.07) is 5.39. The van der Waals surface area contributed by atoms with Crippen LogP contribution in [0.5, 0.6) is 0 Å². The number of carbonyl (C=O) groups is 1. The summed E-state index contributed by atoms with van der Waals surface area (Å²) in [6.45, 7) is 5.46. The molecule has 1 aromatic rings. The minimum Gasteiger partial charge on any atom is -0.444 e. The predicted molar refractivity (Wildman–Crippen MR) is 78.9 cm³/mol. The van der Waals surface area contributed by atoms with Crippen molar-refractivity contribution in [1.29, 1.82) is 0 Å². The number of ether oxygens (including phenoxy) is 1. The Kier molecular flexibility index (Phi) is 5.35. The van der Waals surface area contributed by atoms with Gasteiger partial charge in [0.25, 0.3) is 0 Å². The van der Waals surface area contributed by atoms with Crippen molar-refractivity contribution in [2.75, 3.05) is 11.1 Å². The standard InChI is InChI=1S/C13H18ClNO2S/c1-13(2,3)17-12(16)15-11-8-10(14)5-4-9(11)6-7-18/h4-5,8,18H,6-7H2,1-3H3,(H,15,16). The quantitative estimate of drug-likeness (QED) is 0.819. The maximum Gasteiger partial charge on any atom is 0.412 e. The molecule has 5 heteroatoms. The van der Waals surface area contributed by atoms with Gasteiger partial charge in [-0.2, -0.15) is 12.6 Å². The Balaban J connectivity index is 2.82. The van der Waals surface area contributed by atoms with Crippen LogP contribution < -0.4 is 5.32 Å². The lowest BCUT2D eigenvalue weighted by Gasteiger charge is -2.20. The lowest BCUT2D eigenvalue weighted by Crippen LogP contribution is -2.27. The summed E-state index contributed by atoms with van der Waals surface area (Å²) in [4.78, 5) is 11.7. The van der Waals surface area contributed by atoms with E-state index in [9.17, 15) is 4.79 Å². The Morgan fingerprint density at radius 2 is 2.11 bits per heavy atom. The molecule has 1 aromatic carbocycles. The monoisotopic (exact) mass is 287 g/mol. The number of nitrogens with one attached hydrogen (secondary N) is 1. The number of benzene rings is 1. The fourth-order valence-corrected chi connectivity index (χ4v) is 1.83. The van der Waals surface area contributed by atoms with Gasteiger partial charge in [-0.25, -0.2) is 4.79 Å². The molecule has 0 aromatic heterocycles. The van der Waals surface area contributed by atoms with Gasteiger partial charge in [-0.15, -0.1) is 0 Å². The maximum atomic E-state index is 11.7. The Morgan fingerprint density at radius 1 is 1.44 bits per heavy atom. The summed E-state index contributed by atoms with van der Waals surface area (Å²) in [5.74, 6) is 0.699. The van der Waals surface area contributed by atoms with E-state index in [1.54, 1.807) is 12.1 Å². The molecule has 0 heterocycles. The molecule has 0 saturated heterocycles. The predicted octanol–water partition coefficient (Wildman–Crippen LogP) is 4.16. The Labute approximate surface area is 118 Å². The lowest BCUT2D eigenvalue weighted by molar-refractivity contribution is 0.0636. The molecule has 0 bridgehead atoms. The van der Waals surface area contributed by atoms with Crippen LogP contribution in [0.1, 0.15) is 26.3 Å². The van der Waals surface area contributed by atoms with Crippen LogP contribution in [0.4, 0.5) is 10.5 Å². The van der Waals surface area contributed by atoms with Crippen LogP contribution in [0, 0.1) is 0 Å². The van der Waals surface area contributed by atoms with Gasteiger partial charge in [0.1, 0.15) is 5.60 Å². The molecule has 1 N–H and O–H groups in total. The van der Waals surface area contributed by atoms with Crippen LogP contribution in [0.3, 0.4) is 0 Å². The van der Waals surface area contributed by atoms with Crippen LogP contribution in [0.2, 0.25) is 5.02 Å².